The van der Waals surface area contributed by atoms with Gasteiger partial charge in [-0.05, 0) is 30.7 Å². The molecule has 32 heavy (non-hydrogen) atoms. The maximum atomic E-state index is 13.1. The minimum absolute atomic E-state index is 0.0653. The first-order valence-corrected chi connectivity index (χ1v) is 9.99. The standard InChI is InChI=1S/C22H17N5O5/c28-16-10-9-15(19(29)24-16)27-21(30)13-7-4-8-14(18(13)22(27)31)23-11-17-25-26-20(32-17)12-5-2-1-3-6-12/h1-8,15,23H,9-11H2,(H,24,28,29). The molecule has 0 aliphatic carbocycles. The van der Waals surface area contributed by atoms with E-state index in [-0.39, 0.29) is 30.5 Å². The van der Waals surface area contributed by atoms with E-state index in [0.29, 0.717) is 17.5 Å². The fraction of sp³-hybridized carbons (Fsp3) is 0.182. The lowest BCUT2D eigenvalue weighted by molar-refractivity contribution is -0.136. The molecule has 2 aliphatic rings. The van der Waals surface area contributed by atoms with Crippen molar-refractivity contribution in [1.29, 1.82) is 0 Å². The number of rotatable bonds is 5. The van der Waals surface area contributed by atoms with Crippen LogP contribution in [0, 0.1) is 0 Å². The van der Waals surface area contributed by atoms with Gasteiger partial charge in [0.05, 0.1) is 17.7 Å². The Morgan fingerprint density at radius 1 is 1.00 bits per heavy atom. The van der Waals surface area contributed by atoms with E-state index >= 15 is 0 Å². The van der Waals surface area contributed by atoms with E-state index in [1.165, 1.54) is 6.07 Å². The normalized spacial score (nSPS) is 18.0. The van der Waals surface area contributed by atoms with Crippen LogP contribution in [0.4, 0.5) is 5.69 Å². The lowest BCUT2D eigenvalue weighted by atomic mass is 10.0. The zero-order valence-corrected chi connectivity index (χ0v) is 16.7. The van der Waals surface area contributed by atoms with Gasteiger partial charge in [0.25, 0.3) is 11.8 Å². The molecule has 0 saturated carbocycles. The highest BCUT2D eigenvalue weighted by molar-refractivity contribution is 6.25. The highest BCUT2D eigenvalue weighted by Gasteiger charge is 2.45. The Balaban J connectivity index is 1.36. The first-order valence-electron chi connectivity index (χ1n) is 9.99. The van der Waals surface area contributed by atoms with Crippen LogP contribution in [0.25, 0.3) is 11.5 Å². The number of carbonyl (C=O) groups is 4. The quantitative estimate of drug-likeness (QED) is 0.584. The van der Waals surface area contributed by atoms with Crippen LogP contribution < -0.4 is 10.6 Å². The number of fused-ring (bicyclic) bond motifs is 1. The van der Waals surface area contributed by atoms with E-state index in [9.17, 15) is 19.2 Å². The smallest absolute Gasteiger partial charge is 0.264 e. The molecule has 10 nitrogen and oxygen atoms in total. The molecule has 1 atom stereocenters. The van der Waals surface area contributed by atoms with Crippen molar-refractivity contribution in [3.8, 4) is 11.5 Å². The number of piperidine rings is 1. The summed E-state index contributed by atoms with van der Waals surface area (Å²) in [6.45, 7) is 0.135. The highest BCUT2D eigenvalue weighted by Crippen LogP contribution is 2.32. The van der Waals surface area contributed by atoms with Gasteiger partial charge in [-0.3, -0.25) is 29.4 Å². The van der Waals surface area contributed by atoms with Gasteiger partial charge in [-0.1, -0.05) is 24.3 Å². The molecule has 2 aromatic carbocycles. The summed E-state index contributed by atoms with van der Waals surface area (Å²) >= 11 is 0. The maximum absolute atomic E-state index is 13.1. The second kappa shape index (κ2) is 7.73. The van der Waals surface area contributed by atoms with Crippen LogP contribution in [0.2, 0.25) is 0 Å². The summed E-state index contributed by atoms with van der Waals surface area (Å²) in [5.41, 5.74) is 1.56. The van der Waals surface area contributed by atoms with Crippen LogP contribution in [0.3, 0.4) is 0 Å². The summed E-state index contributed by atoms with van der Waals surface area (Å²) in [7, 11) is 0. The summed E-state index contributed by atoms with van der Waals surface area (Å²) < 4.78 is 5.67. The Hall–Kier alpha value is -4.34. The second-order valence-electron chi connectivity index (χ2n) is 7.40. The summed E-state index contributed by atoms with van der Waals surface area (Å²) in [5.74, 6) is -1.54. The monoisotopic (exact) mass is 431 g/mol. The van der Waals surface area contributed by atoms with Crippen LogP contribution in [-0.2, 0) is 16.1 Å². The molecule has 160 valence electrons. The summed E-state index contributed by atoms with van der Waals surface area (Å²) in [6, 6.07) is 13.1. The van der Waals surface area contributed by atoms with Gasteiger partial charge in [0.1, 0.15) is 6.04 Å². The van der Waals surface area contributed by atoms with Crippen LogP contribution in [0.15, 0.2) is 52.9 Å². The highest BCUT2D eigenvalue weighted by atomic mass is 16.4. The van der Waals surface area contributed by atoms with Crippen LogP contribution in [0.5, 0.6) is 0 Å². The van der Waals surface area contributed by atoms with Gasteiger partial charge in [-0.25, -0.2) is 0 Å². The van der Waals surface area contributed by atoms with Gasteiger partial charge in [0.2, 0.25) is 23.6 Å². The number of hydrogen-bond donors (Lipinski definition) is 2. The van der Waals surface area contributed by atoms with Crippen molar-refractivity contribution in [1.82, 2.24) is 20.4 Å². The van der Waals surface area contributed by atoms with Gasteiger partial charge < -0.3 is 9.73 Å². The number of imide groups is 2. The van der Waals surface area contributed by atoms with E-state index in [4.69, 9.17) is 4.42 Å². The Morgan fingerprint density at radius 3 is 2.59 bits per heavy atom. The first-order chi connectivity index (χ1) is 15.5. The Kier molecular flexibility index (Phi) is 4.74. The molecule has 1 unspecified atom stereocenters. The molecule has 10 heteroatoms. The fourth-order valence-corrected chi connectivity index (χ4v) is 3.86. The fourth-order valence-electron chi connectivity index (χ4n) is 3.86. The van der Waals surface area contributed by atoms with Crippen molar-refractivity contribution in [3.05, 3.63) is 65.5 Å². The number of benzene rings is 2. The molecule has 1 aromatic heterocycles. The van der Waals surface area contributed by atoms with Crippen LogP contribution >= 0.6 is 0 Å². The Morgan fingerprint density at radius 2 is 1.81 bits per heavy atom. The molecule has 3 heterocycles. The van der Waals surface area contributed by atoms with Crippen molar-refractivity contribution in [2.75, 3.05) is 5.32 Å². The van der Waals surface area contributed by atoms with Gasteiger partial charge in [0.15, 0.2) is 0 Å². The molecular weight excluding hydrogens is 414 g/mol. The third kappa shape index (κ3) is 3.31. The topological polar surface area (TPSA) is 134 Å². The van der Waals surface area contributed by atoms with Gasteiger partial charge in [-0.2, -0.15) is 0 Å². The molecule has 2 N–H and O–H groups in total. The van der Waals surface area contributed by atoms with Gasteiger partial charge >= 0.3 is 0 Å². The molecule has 0 spiro atoms. The van der Waals surface area contributed by atoms with Gasteiger partial charge in [-0.15, -0.1) is 10.2 Å². The molecule has 0 radical (unpaired) electrons. The van der Waals surface area contributed by atoms with E-state index in [1.54, 1.807) is 12.1 Å². The minimum atomic E-state index is -1.02. The summed E-state index contributed by atoms with van der Waals surface area (Å²) in [5, 5.41) is 13.3. The predicted octanol–water partition coefficient (Wildman–Crippen LogP) is 1.75. The third-order valence-electron chi connectivity index (χ3n) is 5.39. The number of anilines is 1. The molecule has 3 aromatic rings. The van der Waals surface area contributed by atoms with E-state index in [1.807, 2.05) is 30.3 Å². The number of nitrogens with one attached hydrogen (secondary N) is 2. The molecule has 1 saturated heterocycles. The predicted molar refractivity (Wildman–Crippen MR) is 110 cm³/mol. The SMILES string of the molecule is O=C1CCC(N2C(=O)c3cccc(NCc4nnc(-c5ccccc5)o4)c3C2=O)C(=O)N1. The minimum Gasteiger partial charge on any atom is -0.419 e. The van der Waals surface area contributed by atoms with E-state index < -0.39 is 29.7 Å². The zero-order valence-electron chi connectivity index (χ0n) is 16.7. The number of nitrogens with zero attached hydrogens (tertiary/aromatic N) is 3. The number of aromatic nitrogens is 2. The average molecular weight is 431 g/mol. The van der Waals surface area contributed by atoms with E-state index in [2.05, 4.69) is 20.8 Å². The molecule has 2 aliphatic heterocycles. The number of amides is 4. The molecule has 1 fully saturated rings. The van der Waals surface area contributed by atoms with Crippen molar-refractivity contribution in [2.24, 2.45) is 0 Å². The van der Waals surface area contributed by atoms with Crippen molar-refractivity contribution >= 4 is 29.3 Å². The van der Waals surface area contributed by atoms with Crippen LogP contribution in [-0.4, -0.2) is 44.8 Å². The molecule has 0 bridgehead atoms. The van der Waals surface area contributed by atoms with Crippen molar-refractivity contribution < 1.29 is 23.6 Å². The zero-order chi connectivity index (χ0) is 22.2. The van der Waals surface area contributed by atoms with E-state index in [0.717, 1.165) is 10.5 Å². The number of hydrogen-bond acceptors (Lipinski definition) is 8. The second-order valence-corrected chi connectivity index (χ2v) is 7.40. The largest absolute Gasteiger partial charge is 0.419 e. The maximum Gasteiger partial charge on any atom is 0.264 e. The molecule has 4 amide bonds. The van der Waals surface area contributed by atoms with Crippen molar-refractivity contribution in [3.63, 3.8) is 0 Å². The Labute approximate surface area is 181 Å². The van der Waals surface area contributed by atoms with Crippen LogP contribution in [0.1, 0.15) is 39.4 Å². The lowest BCUT2D eigenvalue weighted by Crippen LogP contribution is -2.54. The first kappa shape index (κ1) is 19.6. The lowest BCUT2D eigenvalue weighted by Gasteiger charge is -2.27. The molecule has 5 rings (SSSR count). The van der Waals surface area contributed by atoms with Gasteiger partial charge in [0, 0.05) is 17.7 Å². The van der Waals surface area contributed by atoms with Crippen molar-refractivity contribution in [2.45, 2.75) is 25.4 Å². The summed E-state index contributed by atoms with van der Waals surface area (Å²) in [4.78, 5) is 50.6. The Bertz CT molecular complexity index is 1250. The number of carbonyl (C=O) groups excluding carboxylic acids is 4. The molecular formula is C22H17N5O5. The third-order valence-corrected chi connectivity index (χ3v) is 5.39. The summed E-state index contributed by atoms with van der Waals surface area (Å²) in [6.07, 6.45) is 0.166. The average Bonchev–Trinajstić information content (AvgIpc) is 3.37.